The smallest absolute Gasteiger partial charge is 0.109 e. The van der Waals surface area contributed by atoms with Crippen LogP contribution < -0.4 is 0 Å². The lowest BCUT2D eigenvalue weighted by Crippen LogP contribution is -2.21. The Morgan fingerprint density at radius 2 is 2.35 bits per heavy atom. The predicted octanol–water partition coefficient (Wildman–Crippen LogP) is 2.40. The summed E-state index contributed by atoms with van der Waals surface area (Å²) in [6.45, 7) is 1.34. The van der Waals surface area contributed by atoms with Gasteiger partial charge in [-0.1, -0.05) is 6.42 Å². The summed E-state index contributed by atoms with van der Waals surface area (Å²) in [4.78, 5) is 4.80. The minimum absolute atomic E-state index is 0.306. The molecule has 3 nitrogen and oxygen atoms in total. The molecule has 94 valence electrons. The Bertz CT molecular complexity index is 385. The molecule has 0 aliphatic carbocycles. The van der Waals surface area contributed by atoms with Gasteiger partial charge in [-0.25, -0.2) is 4.98 Å². The second-order valence-corrected chi connectivity index (χ2v) is 6.48. The molecule has 2 atom stereocenters. The van der Waals surface area contributed by atoms with Gasteiger partial charge in [0.25, 0.3) is 0 Å². The number of fused-ring (bicyclic) bond motifs is 1. The van der Waals surface area contributed by atoms with Gasteiger partial charge in [0.1, 0.15) is 5.82 Å². The monoisotopic (exact) mass is 252 g/mol. The molecule has 2 aliphatic rings. The fraction of sp³-hybridized carbons (Fsp3) is 0.769. The number of aliphatic hydroxyl groups excluding tert-OH is 1. The van der Waals surface area contributed by atoms with Crippen LogP contribution in [0.1, 0.15) is 42.5 Å². The average molecular weight is 252 g/mol. The van der Waals surface area contributed by atoms with Crippen LogP contribution in [-0.4, -0.2) is 27.0 Å². The number of hydrogen-bond acceptors (Lipinski definition) is 3. The van der Waals surface area contributed by atoms with E-state index in [0.717, 1.165) is 19.4 Å². The number of thioether (sulfide) groups is 1. The van der Waals surface area contributed by atoms with E-state index in [2.05, 4.69) is 22.5 Å². The van der Waals surface area contributed by atoms with Crippen LogP contribution in [0.15, 0.2) is 6.20 Å². The summed E-state index contributed by atoms with van der Waals surface area (Å²) in [7, 11) is 0. The molecule has 0 saturated carbocycles. The molecule has 17 heavy (non-hydrogen) atoms. The molecule has 2 aliphatic heterocycles. The van der Waals surface area contributed by atoms with E-state index in [1.54, 1.807) is 0 Å². The summed E-state index contributed by atoms with van der Waals surface area (Å²) in [5.41, 5.74) is 1.28. The summed E-state index contributed by atoms with van der Waals surface area (Å²) < 4.78 is 2.30. The maximum atomic E-state index is 9.23. The number of aromatic nitrogens is 2. The molecule has 1 aromatic rings. The number of rotatable bonds is 2. The molecule has 0 aromatic carbocycles. The van der Waals surface area contributed by atoms with Gasteiger partial charge in [-0.05, 0) is 30.9 Å². The van der Waals surface area contributed by atoms with Gasteiger partial charge in [0.05, 0.1) is 5.69 Å². The number of nitrogens with zero attached hydrogens (tertiary/aromatic N) is 2. The molecule has 1 saturated heterocycles. The molecule has 1 aromatic heterocycles. The van der Waals surface area contributed by atoms with Gasteiger partial charge in [-0.15, -0.1) is 0 Å². The molecule has 0 radical (unpaired) electrons. The molecule has 4 heteroatoms. The Morgan fingerprint density at radius 3 is 3.12 bits per heavy atom. The standard InChI is InChI=1S/C13H20N2OS/c16-9-10-4-5-15-8-11(14-13(15)7-10)12-3-1-2-6-17-12/h8,10,12,16H,1-7,9H2. The second kappa shape index (κ2) is 5.02. The van der Waals surface area contributed by atoms with E-state index >= 15 is 0 Å². The quantitative estimate of drug-likeness (QED) is 0.878. The molecule has 3 rings (SSSR count). The Kier molecular flexibility index (Phi) is 3.43. The molecule has 3 heterocycles. The highest BCUT2D eigenvalue weighted by molar-refractivity contribution is 7.99. The van der Waals surface area contributed by atoms with Crippen LogP contribution in [0.2, 0.25) is 0 Å². The highest BCUT2D eigenvalue weighted by atomic mass is 32.2. The molecule has 1 N–H and O–H groups in total. The fourth-order valence-electron chi connectivity index (χ4n) is 2.80. The summed E-state index contributed by atoms with van der Waals surface area (Å²) in [6.07, 6.45) is 8.29. The second-order valence-electron chi connectivity index (χ2n) is 5.17. The molecule has 0 amide bonds. The first-order valence-corrected chi connectivity index (χ1v) is 7.70. The van der Waals surface area contributed by atoms with Crippen molar-refractivity contribution in [2.45, 2.75) is 43.9 Å². The van der Waals surface area contributed by atoms with Crippen LogP contribution in [0.4, 0.5) is 0 Å². The maximum Gasteiger partial charge on any atom is 0.109 e. The summed E-state index contributed by atoms with van der Waals surface area (Å²) >= 11 is 2.06. The van der Waals surface area contributed by atoms with Crippen LogP contribution >= 0.6 is 11.8 Å². The first kappa shape index (κ1) is 11.6. The molecule has 2 unspecified atom stereocenters. The van der Waals surface area contributed by atoms with Crippen LogP contribution in [0.5, 0.6) is 0 Å². The minimum Gasteiger partial charge on any atom is -0.396 e. The van der Waals surface area contributed by atoms with Crippen LogP contribution in [0.3, 0.4) is 0 Å². The summed E-state index contributed by atoms with van der Waals surface area (Å²) in [5, 5.41) is 9.85. The van der Waals surface area contributed by atoms with Crippen molar-refractivity contribution in [3.8, 4) is 0 Å². The van der Waals surface area contributed by atoms with Gasteiger partial charge < -0.3 is 9.67 Å². The largest absolute Gasteiger partial charge is 0.396 e. The fourth-order valence-corrected chi connectivity index (χ4v) is 4.07. The third-order valence-corrected chi connectivity index (χ3v) is 5.30. The van der Waals surface area contributed by atoms with Crippen molar-refractivity contribution in [1.82, 2.24) is 9.55 Å². The third kappa shape index (κ3) is 2.38. The van der Waals surface area contributed by atoms with Crippen LogP contribution in [0.25, 0.3) is 0 Å². The summed E-state index contributed by atoms with van der Waals surface area (Å²) in [5.74, 6) is 2.90. The van der Waals surface area contributed by atoms with Crippen molar-refractivity contribution in [3.05, 3.63) is 17.7 Å². The van der Waals surface area contributed by atoms with Crippen LogP contribution in [-0.2, 0) is 13.0 Å². The van der Waals surface area contributed by atoms with E-state index in [1.165, 1.54) is 36.5 Å². The number of aryl methyl sites for hydroxylation is 1. The van der Waals surface area contributed by atoms with Crippen molar-refractivity contribution in [1.29, 1.82) is 0 Å². The topological polar surface area (TPSA) is 38.0 Å². The lowest BCUT2D eigenvalue weighted by Gasteiger charge is -2.20. The number of hydrogen-bond donors (Lipinski definition) is 1. The van der Waals surface area contributed by atoms with E-state index in [0.29, 0.717) is 17.8 Å². The minimum atomic E-state index is 0.306. The lowest BCUT2D eigenvalue weighted by molar-refractivity contribution is 0.199. The highest BCUT2D eigenvalue weighted by Crippen LogP contribution is 2.38. The van der Waals surface area contributed by atoms with Gasteiger partial charge >= 0.3 is 0 Å². The van der Waals surface area contributed by atoms with E-state index in [1.807, 2.05) is 0 Å². The van der Waals surface area contributed by atoms with Gasteiger partial charge in [-0.3, -0.25) is 0 Å². The normalized spacial score (nSPS) is 29.0. The van der Waals surface area contributed by atoms with Gasteiger partial charge in [-0.2, -0.15) is 11.8 Å². The Labute approximate surface area is 107 Å². The van der Waals surface area contributed by atoms with Crippen molar-refractivity contribution >= 4 is 11.8 Å². The maximum absolute atomic E-state index is 9.23. The van der Waals surface area contributed by atoms with Crippen molar-refractivity contribution in [2.75, 3.05) is 12.4 Å². The number of aliphatic hydroxyl groups is 1. The van der Waals surface area contributed by atoms with Crippen molar-refractivity contribution in [2.24, 2.45) is 5.92 Å². The number of imidazole rings is 1. The molecule has 0 spiro atoms. The lowest BCUT2D eigenvalue weighted by atomic mass is 9.99. The van der Waals surface area contributed by atoms with Gasteiger partial charge in [0.2, 0.25) is 0 Å². The SMILES string of the molecule is OCC1CCn2cc(C3CCCCS3)nc2C1. The van der Waals surface area contributed by atoms with E-state index in [9.17, 15) is 5.11 Å². The van der Waals surface area contributed by atoms with E-state index in [-0.39, 0.29) is 0 Å². The first-order chi connectivity index (χ1) is 8.36. The summed E-state index contributed by atoms with van der Waals surface area (Å²) in [6, 6.07) is 0. The highest BCUT2D eigenvalue weighted by Gasteiger charge is 2.24. The molecule has 1 fully saturated rings. The Morgan fingerprint density at radius 1 is 1.41 bits per heavy atom. The third-order valence-electron chi connectivity index (χ3n) is 3.90. The van der Waals surface area contributed by atoms with Gasteiger partial charge in [0, 0.05) is 31.0 Å². The predicted molar refractivity (Wildman–Crippen MR) is 70.2 cm³/mol. The van der Waals surface area contributed by atoms with Crippen molar-refractivity contribution in [3.63, 3.8) is 0 Å². The van der Waals surface area contributed by atoms with Crippen molar-refractivity contribution < 1.29 is 5.11 Å². The first-order valence-electron chi connectivity index (χ1n) is 6.65. The molecular formula is C13H20N2OS. The average Bonchev–Trinajstić information content (AvgIpc) is 2.82. The zero-order valence-corrected chi connectivity index (χ0v) is 11.0. The van der Waals surface area contributed by atoms with E-state index in [4.69, 9.17) is 4.98 Å². The van der Waals surface area contributed by atoms with Crippen LogP contribution in [0, 0.1) is 5.92 Å². The molecular weight excluding hydrogens is 232 g/mol. The van der Waals surface area contributed by atoms with E-state index < -0.39 is 0 Å². The zero-order valence-electron chi connectivity index (χ0n) is 10.1. The van der Waals surface area contributed by atoms with Gasteiger partial charge in [0.15, 0.2) is 0 Å². The Hall–Kier alpha value is -0.480. The zero-order chi connectivity index (χ0) is 11.7. The Balaban J connectivity index is 1.77. The molecule has 0 bridgehead atoms.